The van der Waals surface area contributed by atoms with Gasteiger partial charge in [-0.1, -0.05) is 13.8 Å². The van der Waals surface area contributed by atoms with Gasteiger partial charge in [0.15, 0.2) is 5.65 Å². The van der Waals surface area contributed by atoms with E-state index in [-0.39, 0.29) is 11.9 Å². The topological polar surface area (TPSA) is 79.8 Å². The molecule has 3 rings (SSSR count). The number of fused-ring (bicyclic) bond motifs is 1. The van der Waals surface area contributed by atoms with E-state index in [1.54, 1.807) is 15.6 Å². The highest BCUT2D eigenvalue weighted by Crippen LogP contribution is 2.16. The van der Waals surface area contributed by atoms with Gasteiger partial charge in [-0.2, -0.15) is 5.10 Å². The first-order chi connectivity index (χ1) is 11.1. The molecule has 1 fully saturated rings. The van der Waals surface area contributed by atoms with Crippen LogP contribution in [0, 0.1) is 0 Å². The Morgan fingerprint density at radius 2 is 2.17 bits per heavy atom. The lowest BCUT2D eigenvalue weighted by molar-refractivity contribution is 0.0792. The molecule has 7 heteroatoms. The molecule has 0 radical (unpaired) electrons. The third-order valence-corrected chi connectivity index (χ3v) is 4.45. The maximum absolute atomic E-state index is 12.6. The number of aromatic nitrogens is 3. The molecule has 1 aliphatic rings. The van der Waals surface area contributed by atoms with Crippen molar-refractivity contribution in [1.29, 1.82) is 0 Å². The van der Waals surface area contributed by atoms with Crippen LogP contribution < -0.4 is 5.73 Å². The van der Waals surface area contributed by atoms with E-state index in [9.17, 15) is 4.79 Å². The highest BCUT2D eigenvalue weighted by molar-refractivity contribution is 5.99. The molecule has 1 saturated heterocycles. The van der Waals surface area contributed by atoms with Crippen molar-refractivity contribution in [2.24, 2.45) is 5.73 Å². The highest BCUT2D eigenvalue weighted by atomic mass is 16.2. The first-order valence-corrected chi connectivity index (χ1v) is 8.21. The minimum Gasteiger partial charge on any atom is -0.337 e. The molecule has 0 aliphatic carbocycles. The summed E-state index contributed by atoms with van der Waals surface area (Å²) >= 11 is 0. The normalized spacial score (nSPS) is 18.3. The minimum absolute atomic E-state index is 0.0306. The number of carbonyl (C=O) groups excluding carboxylic acids is 1. The number of carbonyl (C=O) groups is 1. The van der Waals surface area contributed by atoms with Crippen LogP contribution in [0.15, 0.2) is 18.6 Å². The van der Waals surface area contributed by atoms with E-state index < -0.39 is 0 Å². The van der Waals surface area contributed by atoms with Crippen LogP contribution in [0.4, 0.5) is 0 Å². The smallest absolute Gasteiger partial charge is 0.259 e. The van der Waals surface area contributed by atoms with Crippen molar-refractivity contribution in [3.05, 3.63) is 29.7 Å². The Kier molecular flexibility index (Phi) is 4.58. The van der Waals surface area contributed by atoms with Crippen LogP contribution in [0.3, 0.4) is 0 Å². The van der Waals surface area contributed by atoms with E-state index in [0.717, 1.165) is 31.6 Å². The van der Waals surface area contributed by atoms with Gasteiger partial charge in [-0.15, -0.1) is 0 Å². The largest absolute Gasteiger partial charge is 0.337 e. The van der Waals surface area contributed by atoms with Crippen LogP contribution in [-0.4, -0.2) is 62.5 Å². The van der Waals surface area contributed by atoms with Gasteiger partial charge in [0.05, 0.1) is 6.20 Å². The predicted molar refractivity (Wildman–Crippen MR) is 88.1 cm³/mol. The average Bonchev–Trinajstić information content (AvgIpc) is 3.17. The molecule has 2 aromatic heterocycles. The average molecular weight is 316 g/mol. The number of amides is 1. The molecule has 0 saturated carbocycles. The number of hydrogen-bond acceptors (Lipinski definition) is 5. The molecule has 3 heterocycles. The lowest BCUT2D eigenvalue weighted by Gasteiger charge is -2.17. The summed E-state index contributed by atoms with van der Waals surface area (Å²) < 4.78 is 1.70. The Hall–Kier alpha value is -1.99. The molecule has 124 valence electrons. The molecular formula is C16H24N6O. The summed E-state index contributed by atoms with van der Waals surface area (Å²) in [7, 11) is 0. The second kappa shape index (κ2) is 6.64. The van der Waals surface area contributed by atoms with E-state index >= 15 is 0 Å². The van der Waals surface area contributed by atoms with Gasteiger partial charge in [0.2, 0.25) is 0 Å². The van der Waals surface area contributed by atoms with E-state index in [4.69, 9.17) is 5.73 Å². The zero-order chi connectivity index (χ0) is 16.4. The quantitative estimate of drug-likeness (QED) is 0.880. The molecule has 0 bridgehead atoms. The third kappa shape index (κ3) is 3.20. The van der Waals surface area contributed by atoms with Crippen molar-refractivity contribution in [3.63, 3.8) is 0 Å². The molecule has 23 heavy (non-hydrogen) atoms. The van der Waals surface area contributed by atoms with Gasteiger partial charge in [-0.25, -0.2) is 9.50 Å². The molecule has 0 spiro atoms. The van der Waals surface area contributed by atoms with Gasteiger partial charge in [0.1, 0.15) is 5.56 Å². The number of likely N-dealkylation sites (tertiary alicyclic amines) is 1. The first-order valence-electron chi connectivity index (χ1n) is 8.21. The lowest BCUT2D eigenvalue weighted by atomic mass is 10.2. The van der Waals surface area contributed by atoms with Gasteiger partial charge in [0, 0.05) is 43.6 Å². The third-order valence-electron chi connectivity index (χ3n) is 4.45. The molecule has 0 unspecified atom stereocenters. The van der Waals surface area contributed by atoms with Crippen LogP contribution in [0.2, 0.25) is 0 Å². The van der Waals surface area contributed by atoms with Crippen molar-refractivity contribution < 1.29 is 4.79 Å². The van der Waals surface area contributed by atoms with Gasteiger partial charge in [-0.3, -0.25) is 9.69 Å². The molecular weight excluding hydrogens is 292 g/mol. The maximum Gasteiger partial charge on any atom is 0.259 e. The molecule has 2 N–H and O–H groups in total. The zero-order valence-corrected chi connectivity index (χ0v) is 13.8. The van der Waals surface area contributed by atoms with E-state index in [1.807, 2.05) is 12.4 Å². The number of nitrogens with zero attached hydrogens (tertiary/aromatic N) is 5. The van der Waals surface area contributed by atoms with E-state index in [1.165, 1.54) is 0 Å². The van der Waals surface area contributed by atoms with Crippen molar-refractivity contribution >= 4 is 11.6 Å². The van der Waals surface area contributed by atoms with Crippen molar-refractivity contribution in [3.8, 4) is 0 Å². The van der Waals surface area contributed by atoms with Crippen LogP contribution >= 0.6 is 0 Å². The summed E-state index contributed by atoms with van der Waals surface area (Å²) in [5.41, 5.74) is 8.14. The number of rotatable bonds is 5. The monoisotopic (exact) mass is 316 g/mol. The molecule has 1 aliphatic heterocycles. The number of nitrogens with two attached hydrogens (primary N) is 1. The SMILES string of the molecule is CCN(CC)Cc1cnc2c(C(=O)N3CC[C@H](N)C3)cnn2c1. The standard InChI is InChI=1S/C16H24N6O/c1-3-20(4-2)9-12-7-18-15-14(8-19-22(15)10-12)16(23)21-6-5-13(17)11-21/h7-8,10,13H,3-6,9,11,17H2,1-2H3/t13-/m0/s1. The first kappa shape index (κ1) is 15.9. The van der Waals surface area contributed by atoms with Crippen LogP contribution in [0.5, 0.6) is 0 Å². The highest BCUT2D eigenvalue weighted by Gasteiger charge is 2.27. The summed E-state index contributed by atoms with van der Waals surface area (Å²) in [5, 5.41) is 4.31. The summed E-state index contributed by atoms with van der Waals surface area (Å²) in [6, 6.07) is 0.0782. The summed E-state index contributed by atoms with van der Waals surface area (Å²) in [5.74, 6) is -0.0306. The van der Waals surface area contributed by atoms with Gasteiger partial charge in [0.25, 0.3) is 5.91 Å². The lowest BCUT2D eigenvalue weighted by Crippen LogP contribution is -2.31. The Morgan fingerprint density at radius 1 is 1.39 bits per heavy atom. The summed E-state index contributed by atoms with van der Waals surface area (Å²) in [6.07, 6.45) is 6.25. The predicted octanol–water partition coefficient (Wildman–Crippen LogP) is 0.744. The zero-order valence-electron chi connectivity index (χ0n) is 13.8. The second-order valence-electron chi connectivity index (χ2n) is 6.05. The van der Waals surface area contributed by atoms with Crippen molar-refractivity contribution in [2.75, 3.05) is 26.2 Å². The maximum atomic E-state index is 12.6. The number of hydrogen-bond donors (Lipinski definition) is 1. The van der Waals surface area contributed by atoms with Gasteiger partial charge >= 0.3 is 0 Å². The summed E-state index contributed by atoms with van der Waals surface area (Å²) in [4.78, 5) is 21.2. The van der Waals surface area contributed by atoms with Crippen LogP contribution in [0.1, 0.15) is 36.2 Å². The Bertz CT molecular complexity index is 693. The molecule has 1 atom stereocenters. The van der Waals surface area contributed by atoms with Gasteiger partial charge in [-0.05, 0) is 19.5 Å². The van der Waals surface area contributed by atoms with E-state index in [0.29, 0.717) is 24.3 Å². The van der Waals surface area contributed by atoms with Gasteiger partial charge < -0.3 is 10.6 Å². The fraction of sp³-hybridized carbons (Fsp3) is 0.562. The second-order valence-corrected chi connectivity index (χ2v) is 6.05. The van der Waals surface area contributed by atoms with Crippen molar-refractivity contribution in [1.82, 2.24) is 24.4 Å². The Labute approximate surface area is 136 Å². The van der Waals surface area contributed by atoms with Crippen LogP contribution in [0.25, 0.3) is 5.65 Å². The van der Waals surface area contributed by atoms with E-state index in [2.05, 4.69) is 28.8 Å². The molecule has 1 amide bonds. The van der Waals surface area contributed by atoms with Crippen LogP contribution in [-0.2, 0) is 6.54 Å². The fourth-order valence-electron chi connectivity index (χ4n) is 2.99. The fourth-order valence-corrected chi connectivity index (χ4v) is 2.99. The summed E-state index contributed by atoms with van der Waals surface area (Å²) in [6.45, 7) is 8.41. The Balaban J connectivity index is 1.82. The molecule has 2 aromatic rings. The molecule has 0 aromatic carbocycles. The minimum atomic E-state index is -0.0306. The van der Waals surface area contributed by atoms with Crippen molar-refractivity contribution in [2.45, 2.75) is 32.9 Å². The Morgan fingerprint density at radius 3 is 2.83 bits per heavy atom. The molecule has 7 nitrogen and oxygen atoms in total.